The molecule has 1 aliphatic heterocycles. The Morgan fingerprint density at radius 1 is 1.33 bits per heavy atom. The molecule has 0 radical (unpaired) electrons. The lowest BCUT2D eigenvalue weighted by Crippen LogP contribution is -2.14. The SMILES string of the molecule is Cc1ncnc2c1ccn2C1CCC(Cc2cn(C)nc2CO)O1. The molecule has 1 N–H and O–H groups in total. The Morgan fingerprint density at radius 3 is 3.04 bits per heavy atom. The Bertz CT molecular complexity index is 869. The molecule has 24 heavy (non-hydrogen) atoms. The van der Waals surface area contributed by atoms with Gasteiger partial charge in [-0.3, -0.25) is 4.68 Å². The normalized spacial score (nSPS) is 21.0. The number of nitrogens with zero attached hydrogens (tertiary/aromatic N) is 5. The van der Waals surface area contributed by atoms with E-state index in [4.69, 9.17) is 4.74 Å². The highest BCUT2D eigenvalue weighted by atomic mass is 16.5. The maximum Gasteiger partial charge on any atom is 0.145 e. The number of aryl methyl sites for hydroxylation is 2. The number of hydrogen-bond donors (Lipinski definition) is 1. The van der Waals surface area contributed by atoms with Crippen LogP contribution in [0.4, 0.5) is 0 Å². The zero-order chi connectivity index (χ0) is 16.7. The summed E-state index contributed by atoms with van der Waals surface area (Å²) in [5, 5.41) is 14.8. The quantitative estimate of drug-likeness (QED) is 0.792. The largest absolute Gasteiger partial charge is 0.390 e. The number of aliphatic hydroxyl groups excluding tert-OH is 1. The van der Waals surface area contributed by atoms with Crippen molar-refractivity contribution in [3.63, 3.8) is 0 Å². The Kier molecular flexibility index (Phi) is 3.82. The molecule has 2 atom stereocenters. The summed E-state index contributed by atoms with van der Waals surface area (Å²) in [6, 6.07) is 2.05. The Balaban J connectivity index is 1.52. The van der Waals surface area contributed by atoms with E-state index in [1.807, 2.05) is 32.4 Å². The van der Waals surface area contributed by atoms with Crippen LogP contribution in [0.5, 0.6) is 0 Å². The molecule has 0 aliphatic carbocycles. The molecule has 1 fully saturated rings. The van der Waals surface area contributed by atoms with Crippen molar-refractivity contribution >= 4 is 11.0 Å². The Labute approximate surface area is 139 Å². The highest BCUT2D eigenvalue weighted by Gasteiger charge is 2.28. The summed E-state index contributed by atoms with van der Waals surface area (Å²) in [5.41, 5.74) is 3.70. The monoisotopic (exact) mass is 327 g/mol. The minimum absolute atomic E-state index is 0.00366. The zero-order valence-corrected chi connectivity index (χ0v) is 13.9. The van der Waals surface area contributed by atoms with E-state index in [-0.39, 0.29) is 18.9 Å². The molecule has 4 heterocycles. The average molecular weight is 327 g/mol. The number of aliphatic hydroxyl groups is 1. The zero-order valence-electron chi connectivity index (χ0n) is 13.9. The molecule has 0 bridgehead atoms. The number of rotatable bonds is 4. The van der Waals surface area contributed by atoms with Crippen molar-refractivity contribution in [1.82, 2.24) is 24.3 Å². The molecule has 7 nitrogen and oxygen atoms in total. The molecule has 3 aromatic rings. The van der Waals surface area contributed by atoms with Crippen LogP contribution in [0.25, 0.3) is 11.0 Å². The van der Waals surface area contributed by atoms with Crippen LogP contribution < -0.4 is 0 Å². The van der Waals surface area contributed by atoms with Gasteiger partial charge in [-0.1, -0.05) is 0 Å². The van der Waals surface area contributed by atoms with Crippen LogP contribution in [0.15, 0.2) is 24.8 Å². The summed E-state index contributed by atoms with van der Waals surface area (Å²) in [6.45, 7) is 1.95. The molecule has 4 rings (SSSR count). The summed E-state index contributed by atoms with van der Waals surface area (Å²) in [6.07, 6.45) is 8.42. The van der Waals surface area contributed by atoms with Gasteiger partial charge in [-0.2, -0.15) is 5.10 Å². The first-order valence-corrected chi connectivity index (χ1v) is 8.21. The molecule has 0 aromatic carbocycles. The van der Waals surface area contributed by atoms with E-state index in [1.165, 1.54) is 0 Å². The molecule has 2 unspecified atom stereocenters. The summed E-state index contributed by atoms with van der Waals surface area (Å²) in [4.78, 5) is 8.65. The molecule has 0 saturated carbocycles. The first-order valence-electron chi connectivity index (χ1n) is 8.21. The van der Waals surface area contributed by atoms with Crippen LogP contribution in [-0.2, 0) is 24.8 Å². The first kappa shape index (κ1) is 15.3. The summed E-state index contributed by atoms with van der Waals surface area (Å²) >= 11 is 0. The topological polar surface area (TPSA) is 78.0 Å². The lowest BCUT2D eigenvalue weighted by atomic mass is 10.1. The molecule has 0 amide bonds. The summed E-state index contributed by atoms with van der Waals surface area (Å²) in [7, 11) is 1.87. The third-order valence-electron chi connectivity index (χ3n) is 4.69. The number of hydrogen-bond acceptors (Lipinski definition) is 5. The summed E-state index contributed by atoms with van der Waals surface area (Å²) in [5.74, 6) is 0. The smallest absolute Gasteiger partial charge is 0.145 e. The molecule has 7 heteroatoms. The van der Waals surface area contributed by atoms with Gasteiger partial charge in [0.15, 0.2) is 0 Å². The number of aromatic nitrogens is 5. The van der Waals surface area contributed by atoms with E-state index in [0.29, 0.717) is 0 Å². The first-order chi connectivity index (χ1) is 11.7. The predicted octanol–water partition coefficient (Wildman–Crippen LogP) is 1.89. The van der Waals surface area contributed by atoms with Crippen molar-refractivity contribution in [1.29, 1.82) is 0 Å². The van der Waals surface area contributed by atoms with Gasteiger partial charge < -0.3 is 14.4 Å². The number of fused-ring (bicyclic) bond motifs is 1. The van der Waals surface area contributed by atoms with E-state index in [2.05, 4.69) is 19.6 Å². The van der Waals surface area contributed by atoms with Crippen LogP contribution in [0, 0.1) is 6.92 Å². The van der Waals surface area contributed by atoms with E-state index >= 15 is 0 Å². The average Bonchev–Trinajstić information content (AvgIpc) is 3.26. The van der Waals surface area contributed by atoms with Gasteiger partial charge in [0.2, 0.25) is 0 Å². The van der Waals surface area contributed by atoms with Gasteiger partial charge >= 0.3 is 0 Å². The highest BCUT2D eigenvalue weighted by Crippen LogP contribution is 2.33. The standard InChI is InChI=1S/C17H21N5O2/c1-11-14-5-6-22(17(14)19-10-18-11)16-4-3-13(24-16)7-12-8-21(2)20-15(12)9-23/h5-6,8,10,13,16,23H,3-4,7,9H2,1-2H3. The second-order valence-electron chi connectivity index (χ2n) is 6.35. The maximum absolute atomic E-state index is 9.42. The third-order valence-corrected chi connectivity index (χ3v) is 4.69. The van der Waals surface area contributed by atoms with E-state index in [9.17, 15) is 5.11 Å². The fourth-order valence-corrected chi connectivity index (χ4v) is 3.50. The molecular formula is C17H21N5O2. The molecule has 126 valence electrons. The van der Waals surface area contributed by atoms with E-state index < -0.39 is 0 Å². The van der Waals surface area contributed by atoms with Crippen molar-refractivity contribution < 1.29 is 9.84 Å². The molecule has 0 spiro atoms. The van der Waals surface area contributed by atoms with Gasteiger partial charge in [-0.05, 0) is 31.4 Å². The fraction of sp³-hybridized carbons (Fsp3) is 0.471. The van der Waals surface area contributed by atoms with Gasteiger partial charge in [-0.15, -0.1) is 0 Å². The van der Waals surface area contributed by atoms with Crippen molar-refractivity contribution in [2.75, 3.05) is 0 Å². The van der Waals surface area contributed by atoms with Gasteiger partial charge in [-0.25, -0.2) is 9.97 Å². The van der Waals surface area contributed by atoms with Gasteiger partial charge in [0.25, 0.3) is 0 Å². The lowest BCUT2D eigenvalue weighted by Gasteiger charge is -2.16. The molecule has 3 aromatic heterocycles. The van der Waals surface area contributed by atoms with Crippen LogP contribution in [0.3, 0.4) is 0 Å². The third kappa shape index (κ3) is 2.59. The molecule has 1 saturated heterocycles. The molecular weight excluding hydrogens is 306 g/mol. The molecule has 1 aliphatic rings. The van der Waals surface area contributed by atoms with E-state index in [1.54, 1.807) is 11.0 Å². The van der Waals surface area contributed by atoms with Crippen molar-refractivity contribution in [2.45, 2.75) is 45.1 Å². The van der Waals surface area contributed by atoms with Gasteiger partial charge in [0, 0.05) is 31.2 Å². The second kappa shape index (κ2) is 5.99. The van der Waals surface area contributed by atoms with E-state index in [0.717, 1.165) is 47.2 Å². The second-order valence-corrected chi connectivity index (χ2v) is 6.35. The van der Waals surface area contributed by atoms with Gasteiger partial charge in [0.1, 0.15) is 18.2 Å². The van der Waals surface area contributed by atoms with Crippen molar-refractivity contribution in [3.05, 3.63) is 41.7 Å². The Hall–Kier alpha value is -2.25. The summed E-state index contributed by atoms with van der Waals surface area (Å²) < 4.78 is 10.1. The minimum atomic E-state index is -0.0369. The van der Waals surface area contributed by atoms with Crippen LogP contribution in [-0.4, -0.2) is 35.5 Å². The van der Waals surface area contributed by atoms with Crippen LogP contribution >= 0.6 is 0 Å². The highest BCUT2D eigenvalue weighted by molar-refractivity contribution is 5.78. The van der Waals surface area contributed by atoms with Gasteiger partial charge in [0.05, 0.1) is 24.1 Å². The van der Waals surface area contributed by atoms with Crippen LogP contribution in [0.1, 0.15) is 36.0 Å². The minimum Gasteiger partial charge on any atom is -0.390 e. The van der Waals surface area contributed by atoms with Crippen molar-refractivity contribution in [2.24, 2.45) is 7.05 Å². The predicted molar refractivity (Wildman–Crippen MR) is 88.2 cm³/mol. The van der Waals surface area contributed by atoms with Crippen molar-refractivity contribution in [3.8, 4) is 0 Å². The van der Waals surface area contributed by atoms with Crippen LogP contribution in [0.2, 0.25) is 0 Å². The maximum atomic E-state index is 9.42. The number of ether oxygens (including phenoxy) is 1. The fourth-order valence-electron chi connectivity index (χ4n) is 3.50. The lowest BCUT2D eigenvalue weighted by molar-refractivity contribution is 0.00488. The Morgan fingerprint density at radius 2 is 2.21 bits per heavy atom.